The molecular weight excluding hydrogens is 564 g/mol. The molecule has 0 aromatic carbocycles. The molecule has 10 nitrogen and oxygen atoms in total. The van der Waals surface area contributed by atoms with E-state index in [2.05, 4.69) is 13.8 Å². The van der Waals surface area contributed by atoms with Crippen molar-refractivity contribution in [1.29, 1.82) is 0 Å². The zero-order valence-corrected chi connectivity index (χ0v) is 26.9. The molecule has 11 heteroatoms. The lowest BCUT2D eigenvalue weighted by molar-refractivity contribution is -0.211. The maximum atomic E-state index is 12.5. The van der Waals surface area contributed by atoms with E-state index in [4.69, 9.17) is 23.1 Å². The quantitative estimate of drug-likeness (QED) is 0.222. The Morgan fingerprint density at radius 1 is 0.833 bits per heavy atom. The predicted octanol–water partition coefficient (Wildman–Crippen LogP) is 4.33. The van der Waals surface area contributed by atoms with Crippen molar-refractivity contribution in [3.05, 3.63) is 0 Å². The van der Waals surface area contributed by atoms with Crippen LogP contribution >= 0.6 is 0 Å². The molecule has 0 aromatic heterocycles. The van der Waals surface area contributed by atoms with Gasteiger partial charge >= 0.3 is 17.9 Å². The second-order valence-corrected chi connectivity index (χ2v) is 16.6. The summed E-state index contributed by atoms with van der Waals surface area (Å²) in [4.78, 5) is 36.2. The maximum absolute atomic E-state index is 12.5. The molecule has 3 saturated heterocycles. The van der Waals surface area contributed by atoms with Crippen LogP contribution in [-0.4, -0.2) is 68.2 Å². The number of hydrogen-bond acceptors (Lipinski definition) is 10. The molecule has 238 valence electrons. The van der Waals surface area contributed by atoms with Gasteiger partial charge in [0.1, 0.15) is 23.1 Å². The first-order valence-electron chi connectivity index (χ1n) is 15.7. The highest BCUT2D eigenvalue weighted by Crippen LogP contribution is 2.59. The van der Waals surface area contributed by atoms with E-state index < -0.39 is 63.7 Å². The first-order valence-corrected chi connectivity index (χ1v) is 17.2. The minimum atomic E-state index is -3.65. The first-order chi connectivity index (χ1) is 19.5. The average Bonchev–Trinajstić information content (AvgIpc) is 3.55. The lowest BCUT2D eigenvalue weighted by Crippen LogP contribution is -2.58. The highest BCUT2D eigenvalue weighted by Gasteiger charge is 2.67. The van der Waals surface area contributed by atoms with Crippen LogP contribution in [0.5, 0.6) is 0 Å². The number of ether oxygens (including phenoxy) is 4. The molecule has 3 aliphatic heterocycles. The van der Waals surface area contributed by atoms with Crippen LogP contribution in [0.25, 0.3) is 0 Å². The Hall–Kier alpha value is -1.72. The van der Waals surface area contributed by atoms with Crippen molar-refractivity contribution in [2.75, 3.05) is 6.61 Å². The number of esters is 3. The van der Waals surface area contributed by atoms with Crippen LogP contribution in [0, 0.1) is 34.5 Å². The summed E-state index contributed by atoms with van der Waals surface area (Å²) < 4.78 is 50.4. The molecule has 7 fully saturated rings. The molecule has 5 unspecified atom stereocenters. The normalized spacial score (nSPS) is 40.3. The largest absolute Gasteiger partial charge is 0.458 e. The number of hydrogen-bond donors (Lipinski definition) is 0. The zero-order valence-electron chi connectivity index (χ0n) is 26.1. The topological polar surface area (TPSA) is 132 Å². The van der Waals surface area contributed by atoms with Crippen molar-refractivity contribution in [3.63, 3.8) is 0 Å². The second-order valence-electron chi connectivity index (χ2n) is 14.9. The van der Waals surface area contributed by atoms with Crippen molar-refractivity contribution in [1.82, 2.24) is 0 Å². The van der Waals surface area contributed by atoms with Crippen LogP contribution in [-0.2, 0) is 47.6 Å². The number of rotatable bonds is 8. The summed E-state index contributed by atoms with van der Waals surface area (Å²) in [5, 5.41) is -0.671. The van der Waals surface area contributed by atoms with Crippen LogP contribution < -0.4 is 0 Å². The van der Waals surface area contributed by atoms with Crippen molar-refractivity contribution in [2.45, 2.75) is 135 Å². The molecule has 7 aliphatic rings. The Bertz CT molecular complexity index is 1160. The molecule has 4 aliphatic carbocycles. The first kappa shape index (κ1) is 31.7. The Morgan fingerprint density at radius 2 is 1.38 bits per heavy atom. The SMILES string of the molecule is CCC(C)(C)C(=O)OC1(C)C2CC3CC(C2)CC1C3.CCC(C)(C)C(=O)OCC(=O)OC1C2CC3C(O2)C1OS3(=O)=O. The highest BCUT2D eigenvalue weighted by molar-refractivity contribution is 7.87. The summed E-state index contributed by atoms with van der Waals surface area (Å²) in [6, 6.07) is 0. The average molecular weight is 613 g/mol. The summed E-state index contributed by atoms with van der Waals surface area (Å²) in [5.41, 5.74) is -1.18. The van der Waals surface area contributed by atoms with Gasteiger partial charge in [-0.25, -0.2) is 4.79 Å². The van der Waals surface area contributed by atoms with Gasteiger partial charge in [0, 0.05) is 0 Å². The monoisotopic (exact) mass is 612 g/mol. The van der Waals surface area contributed by atoms with Gasteiger partial charge in [-0.2, -0.15) is 8.42 Å². The van der Waals surface area contributed by atoms with Gasteiger partial charge in [-0.1, -0.05) is 13.8 Å². The Morgan fingerprint density at radius 3 is 1.93 bits per heavy atom. The van der Waals surface area contributed by atoms with Crippen molar-refractivity contribution in [2.24, 2.45) is 34.5 Å². The molecule has 4 saturated carbocycles. The van der Waals surface area contributed by atoms with Gasteiger partial charge in [0.25, 0.3) is 10.1 Å². The van der Waals surface area contributed by atoms with E-state index in [9.17, 15) is 22.8 Å². The third-order valence-corrected chi connectivity index (χ3v) is 13.0. The molecule has 0 aromatic rings. The molecule has 42 heavy (non-hydrogen) atoms. The van der Waals surface area contributed by atoms with E-state index in [0.29, 0.717) is 18.3 Å². The van der Waals surface area contributed by atoms with E-state index in [1.807, 2.05) is 20.8 Å². The second kappa shape index (κ2) is 11.0. The standard InChI is InChI=1S/C17H28O2.C14H20O8S/c1-5-16(2,3)15(18)19-17(4)13-7-11-6-12(9-13)10-14(17)8-11;1-4-14(2,3)13(16)19-6-9(15)21-10-7-5-8-11(20-7)12(10)22-23(8,17)18/h11-14H,5-10H2,1-4H3;7-8,10-12H,4-6H2,1-3H3. The van der Waals surface area contributed by atoms with Crippen LogP contribution in [0.1, 0.15) is 99.8 Å². The van der Waals surface area contributed by atoms with Crippen LogP contribution in [0.3, 0.4) is 0 Å². The lowest BCUT2D eigenvalue weighted by Gasteiger charge is -2.59. The minimum Gasteiger partial charge on any atom is -0.458 e. The Balaban J connectivity index is 0.000000171. The van der Waals surface area contributed by atoms with E-state index in [1.165, 1.54) is 32.1 Å². The number of carbonyl (C=O) groups is 3. The molecule has 0 radical (unpaired) electrons. The summed E-state index contributed by atoms with van der Waals surface area (Å²) in [7, 11) is -3.65. The lowest BCUT2D eigenvalue weighted by atomic mass is 9.50. The van der Waals surface area contributed by atoms with Gasteiger partial charge in [-0.3, -0.25) is 13.8 Å². The highest BCUT2D eigenvalue weighted by atomic mass is 32.2. The maximum Gasteiger partial charge on any atom is 0.344 e. The molecule has 0 N–H and O–H groups in total. The minimum absolute atomic E-state index is 0.0185. The van der Waals surface area contributed by atoms with Crippen molar-refractivity contribution >= 4 is 28.0 Å². The fraction of sp³-hybridized carbons (Fsp3) is 0.903. The number of carbonyl (C=O) groups excluding carboxylic acids is 3. The summed E-state index contributed by atoms with van der Waals surface area (Å²) in [5.74, 6) is 1.89. The van der Waals surface area contributed by atoms with Gasteiger partial charge in [-0.15, -0.1) is 0 Å². The zero-order chi connectivity index (χ0) is 30.8. The van der Waals surface area contributed by atoms with Crippen molar-refractivity contribution < 1.29 is 45.9 Å². The number of fused-ring (bicyclic) bond motifs is 1. The molecule has 6 bridgehead atoms. The third kappa shape index (κ3) is 5.62. The fourth-order valence-corrected chi connectivity index (χ4v) is 9.43. The van der Waals surface area contributed by atoms with Crippen molar-refractivity contribution in [3.8, 4) is 0 Å². The smallest absolute Gasteiger partial charge is 0.344 e. The summed E-state index contributed by atoms with van der Waals surface area (Å²) >= 11 is 0. The van der Waals surface area contributed by atoms with Gasteiger partial charge in [0.05, 0.1) is 16.9 Å². The molecule has 0 amide bonds. The van der Waals surface area contributed by atoms with E-state index in [-0.39, 0.29) is 23.4 Å². The Kier molecular flexibility index (Phi) is 8.31. The van der Waals surface area contributed by atoms with Gasteiger partial charge < -0.3 is 18.9 Å². The van der Waals surface area contributed by atoms with E-state index >= 15 is 0 Å². The van der Waals surface area contributed by atoms with Gasteiger partial charge in [0.15, 0.2) is 12.7 Å². The van der Waals surface area contributed by atoms with E-state index in [0.717, 1.165) is 18.3 Å². The van der Waals surface area contributed by atoms with Crippen LogP contribution in [0.15, 0.2) is 0 Å². The fourth-order valence-electron chi connectivity index (χ4n) is 7.79. The summed E-state index contributed by atoms with van der Waals surface area (Å²) in [6.07, 6.45) is 5.66. The summed E-state index contributed by atoms with van der Waals surface area (Å²) in [6.45, 7) is 13.1. The van der Waals surface area contributed by atoms with Crippen LogP contribution in [0.2, 0.25) is 0 Å². The van der Waals surface area contributed by atoms with E-state index in [1.54, 1.807) is 13.8 Å². The Labute approximate surface area is 250 Å². The molecule has 7 rings (SSSR count). The third-order valence-electron chi connectivity index (χ3n) is 11.3. The molecule has 0 spiro atoms. The molecular formula is C31H48O10S. The predicted molar refractivity (Wildman–Crippen MR) is 151 cm³/mol. The van der Waals surface area contributed by atoms with Crippen LogP contribution in [0.4, 0.5) is 0 Å². The van der Waals surface area contributed by atoms with Gasteiger partial charge in [0.2, 0.25) is 0 Å². The van der Waals surface area contributed by atoms with Gasteiger partial charge in [-0.05, 0) is 110 Å². The molecule has 5 atom stereocenters. The molecule has 3 heterocycles.